The molecule has 0 bridgehead atoms. The van der Waals surface area contributed by atoms with E-state index in [-0.39, 0.29) is 0 Å². The molecule has 0 atom stereocenters. The first-order valence-electron chi connectivity index (χ1n) is 4.18. The van der Waals surface area contributed by atoms with Crippen LogP contribution in [0.3, 0.4) is 0 Å². The van der Waals surface area contributed by atoms with Gasteiger partial charge in [-0.25, -0.2) is 4.98 Å². The molecule has 0 N–H and O–H groups in total. The molecule has 0 aromatic carbocycles. The van der Waals surface area contributed by atoms with Crippen LogP contribution in [0.5, 0.6) is 0 Å². The second kappa shape index (κ2) is 4.45. The van der Waals surface area contributed by atoms with Crippen LogP contribution >= 0.6 is 11.8 Å². The Morgan fingerprint density at radius 2 is 2.08 bits per heavy atom. The highest BCUT2D eigenvalue weighted by Crippen LogP contribution is 2.15. The fraction of sp³-hybridized carbons (Fsp3) is 0.556. The van der Waals surface area contributed by atoms with Crippen molar-refractivity contribution < 1.29 is 0 Å². The van der Waals surface area contributed by atoms with Crippen LogP contribution in [0.2, 0.25) is 0 Å². The van der Waals surface area contributed by atoms with Crippen LogP contribution in [0.1, 0.15) is 32.4 Å². The van der Waals surface area contributed by atoms with E-state index in [2.05, 4.69) is 30.7 Å². The van der Waals surface area contributed by atoms with Gasteiger partial charge in [0.1, 0.15) is 5.03 Å². The van der Waals surface area contributed by atoms with Gasteiger partial charge in [0.05, 0.1) is 11.9 Å². The lowest BCUT2D eigenvalue weighted by atomic mass is 10.1. The third-order valence-corrected chi connectivity index (χ3v) is 2.33. The Kier molecular flexibility index (Phi) is 3.53. The van der Waals surface area contributed by atoms with Crippen LogP contribution in [0.25, 0.3) is 0 Å². The fourth-order valence-electron chi connectivity index (χ4n) is 0.847. The van der Waals surface area contributed by atoms with Crippen LogP contribution in [-0.4, -0.2) is 15.7 Å². The molecule has 0 amide bonds. The second-order valence-electron chi connectivity index (χ2n) is 2.87. The van der Waals surface area contributed by atoms with Crippen molar-refractivity contribution in [3.63, 3.8) is 0 Å². The largest absolute Gasteiger partial charge is 0.257 e. The number of hydrogen-bond donors (Lipinski definition) is 0. The van der Waals surface area contributed by atoms with Gasteiger partial charge in [-0.3, -0.25) is 4.98 Å². The summed E-state index contributed by atoms with van der Waals surface area (Å²) in [7, 11) is 0. The highest BCUT2D eigenvalue weighted by molar-refractivity contribution is 7.99. The van der Waals surface area contributed by atoms with Gasteiger partial charge in [0.15, 0.2) is 0 Å². The van der Waals surface area contributed by atoms with Crippen molar-refractivity contribution in [2.45, 2.75) is 31.7 Å². The van der Waals surface area contributed by atoms with E-state index < -0.39 is 0 Å². The molecule has 1 aromatic heterocycles. The SMILES string of the molecule is CCSc1cnc(C(C)C)cn1. The lowest BCUT2D eigenvalue weighted by Gasteiger charge is -2.03. The maximum atomic E-state index is 4.31. The molecule has 0 radical (unpaired) electrons. The Morgan fingerprint density at radius 3 is 2.50 bits per heavy atom. The molecule has 0 aliphatic rings. The Bertz CT molecular complexity index is 231. The van der Waals surface area contributed by atoms with Crippen molar-refractivity contribution in [2.75, 3.05) is 5.75 Å². The molecule has 1 aromatic rings. The first-order chi connectivity index (χ1) is 5.74. The summed E-state index contributed by atoms with van der Waals surface area (Å²) in [6.45, 7) is 6.36. The van der Waals surface area contributed by atoms with Gasteiger partial charge in [0, 0.05) is 6.20 Å². The Labute approximate surface area is 77.8 Å². The van der Waals surface area contributed by atoms with Crippen molar-refractivity contribution in [2.24, 2.45) is 0 Å². The smallest absolute Gasteiger partial charge is 0.114 e. The Morgan fingerprint density at radius 1 is 1.33 bits per heavy atom. The summed E-state index contributed by atoms with van der Waals surface area (Å²) in [6, 6.07) is 0. The summed E-state index contributed by atoms with van der Waals surface area (Å²) >= 11 is 1.72. The van der Waals surface area contributed by atoms with Gasteiger partial charge in [0.25, 0.3) is 0 Å². The lowest BCUT2D eigenvalue weighted by molar-refractivity contribution is 0.799. The van der Waals surface area contributed by atoms with E-state index in [1.165, 1.54) is 0 Å². The number of aromatic nitrogens is 2. The van der Waals surface area contributed by atoms with Gasteiger partial charge in [-0.05, 0) is 11.7 Å². The molecule has 3 heteroatoms. The second-order valence-corrected chi connectivity index (χ2v) is 4.15. The van der Waals surface area contributed by atoms with Crippen molar-refractivity contribution >= 4 is 11.8 Å². The first-order valence-corrected chi connectivity index (χ1v) is 5.17. The van der Waals surface area contributed by atoms with Gasteiger partial charge in [-0.15, -0.1) is 11.8 Å². The minimum absolute atomic E-state index is 0.471. The van der Waals surface area contributed by atoms with E-state index in [1.54, 1.807) is 11.8 Å². The van der Waals surface area contributed by atoms with Crippen LogP contribution in [0, 0.1) is 0 Å². The van der Waals surface area contributed by atoms with Crippen LogP contribution in [-0.2, 0) is 0 Å². The quantitative estimate of drug-likeness (QED) is 0.672. The maximum Gasteiger partial charge on any atom is 0.114 e. The first kappa shape index (κ1) is 9.52. The topological polar surface area (TPSA) is 25.8 Å². The molecule has 0 saturated carbocycles. The molecule has 0 fully saturated rings. The van der Waals surface area contributed by atoms with E-state index in [4.69, 9.17) is 0 Å². The van der Waals surface area contributed by atoms with Gasteiger partial charge >= 0.3 is 0 Å². The standard InChI is InChI=1S/C9H14N2S/c1-4-12-9-6-10-8(5-11-9)7(2)3/h5-7H,4H2,1-3H3. The zero-order valence-corrected chi connectivity index (χ0v) is 8.56. The van der Waals surface area contributed by atoms with E-state index in [0.717, 1.165) is 16.5 Å². The van der Waals surface area contributed by atoms with Gasteiger partial charge in [-0.2, -0.15) is 0 Å². The summed E-state index contributed by atoms with van der Waals surface area (Å²) in [5, 5.41) is 1.02. The number of nitrogens with zero attached hydrogens (tertiary/aromatic N) is 2. The molecule has 0 aliphatic heterocycles. The molecule has 2 nitrogen and oxygen atoms in total. The monoisotopic (exact) mass is 182 g/mol. The highest BCUT2D eigenvalue weighted by atomic mass is 32.2. The Balaban J connectivity index is 2.71. The molecule has 66 valence electrons. The summed E-state index contributed by atoms with van der Waals surface area (Å²) in [6.07, 6.45) is 3.71. The molecule has 0 spiro atoms. The van der Waals surface area contributed by atoms with Gasteiger partial charge < -0.3 is 0 Å². The number of thioether (sulfide) groups is 1. The molecule has 0 saturated heterocycles. The lowest BCUT2D eigenvalue weighted by Crippen LogP contribution is -1.94. The van der Waals surface area contributed by atoms with Gasteiger partial charge in [0.2, 0.25) is 0 Å². The third-order valence-electron chi connectivity index (χ3n) is 1.53. The zero-order chi connectivity index (χ0) is 8.97. The summed E-state index contributed by atoms with van der Waals surface area (Å²) in [5.41, 5.74) is 1.07. The number of hydrogen-bond acceptors (Lipinski definition) is 3. The Hall–Kier alpha value is -0.570. The predicted molar refractivity (Wildman–Crippen MR) is 52.5 cm³/mol. The molecule has 12 heavy (non-hydrogen) atoms. The van der Waals surface area contributed by atoms with Gasteiger partial charge in [-0.1, -0.05) is 20.8 Å². The van der Waals surface area contributed by atoms with Crippen LogP contribution in [0.15, 0.2) is 17.4 Å². The molecule has 1 rings (SSSR count). The minimum Gasteiger partial charge on any atom is -0.257 e. The van der Waals surface area contributed by atoms with Crippen molar-refractivity contribution in [1.82, 2.24) is 9.97 Å². The molecule has 1 heterocycles. The zero-order valence-electron chi connectivity index (χ0n) is 7.74. The molecule has 0 unspecified atom stereocenters. The van der Waals surface area contributed by atoms with Crippen LogP contribution < -0.4 is 0 Å². The van der Waals surface area contributed by atoms with Crippen LogP contribution in [0.4, 0.5) is 0 Å². The highest BCUT2D eigenvalue weighted by Gasteiger charge is 2.00. The molecular formula is C9H14N2S. The van der Waals surface area contributed by atoms with E-state index in [1.807, 2.05) is 12.4 Å². The van der Waals surface area contributed by atoms with E-state index in [9.17, 15) is 0 Å². The van der Waals surface area contributed by atoms with Crippen molar-refractivity contribution in [3.8, 4) is 0 Å². The minimum atomic E-state index is 0.471. The average molecular weight is 182 g/mol. The third kappa shape index (κ3) is 2.48. The maximum absolute atomic E-state index is 4.31. The predicted octanol–water partition coefficient (Wildman–Crippen LogP) is 2.71. The molecular weight excluding hydrogens is 168 g/mol. The number of rotatable bonds is 3. The average Bonchev–Trinajstić information content (AvgIpc) is 2.06. The van der Waals surface area contributed by atoms with Crippen molar-refractivity contribution in [1.29, 1.82) is 0 Å². The molecule has 0 aliphatic carbocycles. The van der Waals surface area contributed by atoms with E-state index in [0.29, 0.717) is 5.92 Å². The summed E-state index contributed by atoms with van der Waals surface area (Å²) in [5.74, 6) is 1.52. The normalized spacial score (nSPS) is 10.7. The fourth-order valence-corrected chi connectivity index (χ4v) is 1.40. The summed E-state index contributed by atoms with van der Waals surface area (Å²) < 4.78 is 0. The van der Waals surface area contributed by atoms with E-state index >= 15 is 0 Å². The van der Waals surface area contributed by atoms with Crippen molar-refractivity contribution in [3.05, 3.63) is 18.1 Å². The summed E-state index contributed by atoms with van der Waals surface area (Å²) in [4.78, 5) is 8.60.